The molecular weight excluding hydrogens is 543 g/mol. The molecule has 0 aliphatic heterocycles. The maximum absolute atomic E-state index is 13.6. The molecule has 4 aromatic rings. The molecule has 0 aromatic heterocycles. The van der Waals surface area contributed by atoms with Gasteiger partial charge in [0.05, 0.1) is 0 Å². The van der Waals surface area contributed by atoms with Crippen LogP contribution in [0.15, 0.2) is 91.0 Å². The molecule has 0 saturated heterocycles. The summed E-state index contributed by atoms with van der Waals surface area (Å²) in [6.45, 7) is 26.2. The summed E-state index contributed by atoms with van der Waals surface area (Å²) in [6.07, 6.45) is 0. The Bertz CT molecular complexity index is 1520. The van der Waals surface area contributed by atoms with Crippen LogP contribution in [-0.4, -0.2) is 9.79 Å². The Kier molecular flexibility index (Phi) is 8.24. The van der Waals surface area contributed by atoms with Crippen LogP contribution in [0.3, 0.4) is 0 Å². The van der Waals surface area contributed by atoms with Crippen molar-refractivity contribution in [2.45, 2.75) is 105 Å². The van der Waals surface area contributed by atoms with Crippen molar-refractivity contribution in [3.05, 3.63) is 113 Å². The van der Waals surface area contributed by atoms with Crippen molar-refractivity contribution < 1.29 is 9.79 Å². The third-order valence-electron chi connectivity index (χ3n) is 8.72. The van der Waals surface area contributed by atoms with Gasteiger partial charge >= 0.3 is 262 Å². The van der Waals surface area contributed by atoms with Crippen LogP contribution in [0.1, 0.15) is 105 Å². The Morgan fingerprint density at radius 2 is 0.791 bits per heavy atom. The van der Waals surface area contributed by atoms with Gasteiger partial charge in [-0.15, -0.1) is 0 Å². The second kappa shape index (κ2) is 10.7. The van der Waals surface area contributed by atoms with Crippen molar-refractivity contribution in [3.8, 4) is 11.1 Å². The van der Waals surface area contributed by atoms with Crippen molar-refractivity contribution in [1.82, 2.24) is 0 Å². The van der Waals surface area contributed by atoms with Crippen LogP contribution in [0, 0.1) is 0 Å². The summed E-state index contributed by atoms with van der Waals surface area (Å²) in [7, 11) is -5.00. The predicted molar refractivity (Wildman–Crippen MR) is 190 cm³/mol. The molecule has 0 radical (unpaired) electrons. The van der Waals surface area contributed by atoms with Crippen LogP contribution in [0.5, 0.6) is 0 Å². The zero-order valence-corrected chi connectivity index (χ0v) is 29.4. The normalized spacial score (nSPS) is 14.3. The van der Waals surface area contributed by atoms with Crippen LogP contribution in [0.4, 0.5) is 0 Å². The molecule has 0 bridgehead atoms. The molecule has 3 heteroatoms. The average molecular weight is 597 g/mol. The molecule has 2 N–H and O–H groups in total. The first-order valence-electron chi connectivity index (χ1n) is 15.5. The van der Waals surface area contributed by atoms with Gasteiger partial charge in [0.1, 0.15) is 0 Å². The Morgan fingerprint density at radius 3 is 1.14 bits per heavy atom. The van der Waals surface area contributed by atoms with Crippen LogP contribution in [-0.2, 0) is 21.7 Å². The SMILES string of the molecule is CC(C)(C)c1ccc(P(O)(O)(c2ccc(-c3ccccc3)cc2)c2ccc(C(C)(C)C)cc2C(C)(C)C)c(C(C)(C)C)c1. The van der Waals surface area contributed by atoms with Gasteiger partial charge in [0.2, 0.25) is 0 Å². The van der Waals surface area contributed by atoms with E-state index in [1.807, 2.05) is 54.6 Å². The Labute approximate surface area is 261 Å². The van der Waals surface area contributed by atoms with E-state index in [-0.39, 0.29) is 21.7 Å². The molecule has 0 spiro atoms. The fourth-order valence-electron chi connectivity index (χ4n) is 5.92. The molecule has 43 heavy (non-hydrogen) atoms. The first-order valence-corrected chi connectivity index (χ1v) is 17.7. The summed E-state index contributed by atoms with van der Waals surface area (Å²) in [5, 5.41) is 1.79. The van der Waals surface area contributed by atoms with Crippen molar-refractivity contribution in [3.63, 3.8) is 0 Å². The number of hydrogen-bond acceptors (Lipinski definition) is 2. The summed E-state index contributed by atoms with van der Waals surface area (Å²) >= 11 is 0. The van der Waals surface area contributed by atoms with E-state index >= 15 is 0 Å². The van der Waals surface area contributed by atoms with E-state index in [1.165, 1.54) is 11.1 Å². The van der Waals surface area contributed by atoms with E-state index in [4.69, 9.17) is 0 Å². The second-order valence-electron chi connectivity index (χ2n) is 16.4. The third kappa shape index (κ3) is 6.26. The minimum absolute atomic E-state index is 0.0812. The quantitative estimate of drug-likeness (QED) is 0.231. The van der Waals surface area contributed by atoms with E-state index in [2.05, 4.69) is 119 Å². The fourth-order valence-corrected chi connectivity index (χ4v) is 9.88. The Morgan fingerprint density at radius 1 is 0.419 bits per heavy atom. The summed E-state index contributed by atoms with van der Waals surface area (Å²) < 4.78 is 0. The molecule has 0 atom stereocenters. The summed E-state index contributed by atoms with van der Waals surface area (Å²) in [5.74, 6) is 0. The molecule has 0 amide bonds. The molecule has 0 aliphatic rings. The molecule has 4 rings (SSSR count). The first kappa shape index (κ1) is 33.1. The van der Waals surface area contributed by atoms with Crippen LogP contribution >= 0.6 is 7.06 Å². The zero-order chi connectivity index (χ0) is 32.2. The van der Waals surface area contributed by atoms with E-state index in [0.29, 0.717) is 15.9 Å². The molecular formula is C40H53O2P. The van der Waals surface area contributed by atoms with Gasteiger partial charge in [0, 0.05) is 0 Å². The molecule has 4 aromatic carbocycles. The standard InChI is InChI=1S/C40H53O2P/c1-37(2,3)30-20-24-35(33(26-30)39(7,8)9)43(41,42,32-22-18-29(19-23-32)28-16-14-13-15-17-28)36-25-21-31(38(4,5)6)27-34(36)40(10,11)12/h13-27,41-42H,1-12H3. The van der Waals surface area contributed by atoms with Gasteiger partial charge in [-0.2, -0.15) is 0 Å². The van der Waals surface area contributed by atoms with Gasteiger partial charge in [0.15, 0.2) is 0 Å². The van der Waals surface area contributed by atoms with E-state index in [9.17, 15) is 9.79 Å². The monoisotopic (exact) mass is 596 g/mol. The Hall–Kier alpha value is -2.77. The minimum atomic E-state index is -5.00. The zero-order valence-electron chi connectivity index (χ0n) is 28.5. The summed E-state index contributed by atoms with van der Waals surface area (Å²) in [5.41, 5.74) is 5.61. The van der Waals surface area contributed by atoms with Gasteiger partial charge in [-0.05, 0) is 0 Å². The Balaban J connectivity index is 2.17. The molecule has 0 aliphatic carbocycles. The van der Waals surface area contributed by atoms with E-state index in [1.54, 1.807) is 0 Å². The topological polar surface area (TPSA) is 40.5 Å². The average Bonchev–Trinajstić information content (AvgIpc) is 2.91. The van der Waals surface area contributed by atoms with Crippen molar-refractivity contribution in [2.24, 2.45) is 0 Å². The molecule has 0 fully saturated rings. The van der Waals surface area contributed by atoms with Crippen molar-refractivity contribution in [2.75, 3.05) is 0 Å². The van der Waals surface area contributed by atoms with Gasteiger partial charge in [-0.3, -0.25) is 0 Å². The van der Waals surface area contributed by atoms with Gasteiger partial charge < -0.3 is 0 Å². The summed E-state index contributed by atoms with van der Waals surface area (Å²) in [6, 6.07) is 30.8. The number of rotatable bonds is 4. The van der Waals surface area contributed by atoms with Crippen molar-refractivity contribution >= 4 is 23.0 Å². The summed E-state index contributed by atoms with van der Waals surface area (Å²) in [4.78, 5) is 27.2. The fraction of sp³-hybridized carbons (Fsp3) is 0.400. The van der Waals surface area contributed by atoms with Gasteiger partial charge in [-0.25, -0.2) is 0 Å². The predicted octanol–water partition coefficient (Wildman–Crippen LogP) is 9.19. The number of benzene rings is 4. The maximum atomic E-state index is 13.6. The third-order valence-corrected chi connectivity index (χ3v) is 12.6. The van der Waals surface area contributed by atoms with E-state index in [0.717, 1.165) is 22.3 Å². The molecule has 0 unspecified atom stereocenters. The van der Waals surface area contributed by atoms with Crippen LogP contribution < -0.4 is 15.9 Å². The van der Waals surface area contributed by atoms with E-state index < -0.39 is 7.06 Å². The molecule has 0 heterocycles. The molecule has 230 valence electrons. The van der Waals surface area contributed by atoms with Gasteiger partial charge in [0.25, 0.3) is 0 Å². The van der Waals surface area contributed by atoms with Crippen LogP contribution in [0.25, 0.3) is 11.1 Å². The van der Waals surface area contributed by atoms with Crippen molar-refractivity contribution in [1.29, 1.82) is 0 Å². The van der Waals surface area contributed by atoms with Crippen LogP contribution in [0.2, 0.25) is 0 Å². The number of hydrogen-bond donors (Lipinski definition) is 2. The van der Waals surface area contributed by atoms with Gasteiger partial charge in [-0.1, -0.05) is 0 Å². The molecule has 0 saturated carbocycles. The molecule has 2 nitrogen and oxygen atoms in total. The first-order chi connectivity index (χ1) is 19.5. The second-order valence-corrected chi connectivity index (χ2v) is 19.9.